The highest BCUT2D eigenvalue weighted by Gasteiger charge is 2.48. The van der Waals surface area contributed by atoms with Crippen LogP contribution in [0.2, 0.25) is 0 Å². The Balaban J connectivity index is 1.71. The van der Waals surface area contributed by atoms with Crippen molar-refractivity contribution in [1.82, 2.24) is 14.8 Å². The van der Waals surface area contributed by atoms with Gasteiger partial charge >= 0.3 is 0 Å². The Kier molecular flexibility index (Phi) is 5.04. The number of rotatable bonds is 5. The molecule has 0 aliphatic carbocycles. The third-order valence-corrected chi connectivity index (χ3v) is 6.56. The number of H-pyrrole nitrogens is 1. The first kappa shape index (κ1) is 20.4. The van der Waals surface area contributed by atoms with Crippen LogP contribution in [0.3, 0.4) is 0 Å². The summed E-state index contributed by atoms with van der Waals surface area (Å²) in [5, 5.41) is 1.10. The van der Waals surface area contributed by atoms with Gasteiger partial charge in [0, 0.05) is 29.6 Å². The number of benzene rings is 2. The molecule has 0 spiro atoms. The van der Waals surface area contributed by atoms with Crippen LogP contribution >= 0.6 is 0 Å². The first-order valence-electron chi connectivity index (χ1n) is 11.0. The summed E-state index contributed by atoms with van der Waals surface area (Å²) < 4.78 is 10.9. The quantitative estimate of drug-likeness (QED) is 0.670. The van der Waals surface area contributed by atoms with Crippen LogP contribution in [-0.4, -0.2) is 59.9 Å². The van der Waals surface area contributed by atoms with Crippen molar-refractivity contribution in [3.8, 4) is 11.5 Å². The fourth-order valence-corrected chi connectivity index (χ4v) is 5.15. The molecule has 1 aromatic heterocycles. The number of carbonyl (C=O) groups is 2. The predicted molar refractivity (Wildman–Crippen MR) is 121 cm³/mol. The number of piperazine rings is 1. The van der Waals surface area contributed by atoms with Gasteiger partial charge in [0.15, 0.2) is 11.5 Å². The largest absolute Gasteiger partial charge is 0.493 e. The Morgan fingerprint density at radius 1 is 1.06 bits per heavy atom. The second-order valence-corrected chi connectivity index (χ2v) is 8.36. The lowest BCUT2D eigenvalue weighted by Gasteiger charge is -2.47. The lowest BCUT2D eigenvalue weighted by atomic mass is 9.86. The van der Waals surface area contributed by atoms with Gasteiger partial charge in [-0.3, -0.25) is 9.59 Å². The minimum atomic E-state index is -0.521. The maximum Gasteiger partial charge on any atom is 0.246 e. The molecule has 3 aromatic rings. The molecule has 0 bridgehead atoms. The Morgan fingerprint density at radius 2 is 1.84 bits per heavy atom. The van der Waals surface area contributed by atoms with Gasteiger partial charge in [0.2, 0.25) is 11.8 Å². The van der Waals surface area contributed by atoms with Gasteiger partial charge in [-0.25, -0.2) is 0 Å². The molecule has 1 fully saturated rings. The molecule has 2 atom stereocenters. The molecule has 2 aliphatic rings. The van der Waals surface area contributed by atoms with Crippen LogP contribution in [0.4, 0.5) is 0 Å². The Hall–Kier alpha value is -3.48. The van der Waals surface area contributed by atoms with Crippen LogP contribution < -0.4 is 9.47 Å². The standard InChI is InChI=1S/C25H27N3O4/c1-4-11-27-14-22(29)28-19(25(27)30)13-17-16-7-5-6-8-18(16)26-23(17)24(28)15-9-10-20(31-2)21(12-15)32-3/h5-10,12,19,24,26H,4,11,13-14H2,1-3H3/t19-,24-/m0/s1. The second-order valence-electron chi connectivity index (χ2n) is 8.36. The van der Waals surface area contributed by atoms with Crippen LogP contribution in [0.1, 0.15) is 36.2 Å². The highest BCUT2D eigenvalue weighted by Crippen LogP contribution is 2.44. The number of para-hydroxylation sites is 1. The number of carbonyl (C=O) groups excluding carboxylic acids is 2. The molecule has 5 rings (SSSR count). The average Bonchev–Trinajstić information content (AvgIpc) is 3.19. The van der Waals surface area contributed by atoms with Crippen LogP contribution in [0.15, 0.2) is 42.5 Å². The van der Waals surface area contributed by atoms with E-state index >= 15 is 0 Å². The molecule has 0 saturated carbocycles. The van der Waals surface area contributed by atoms with E-state index in [0.717, 1.165) is 34.1 Å². The molecule has 2 amide bonds. The lowest BCUT2D eigenvalue weighted by molar-refractivity contribution is -0.158. The minimum Gasteiger partial charge on any atom is -0.493 e. The fraction of sp³-hybridized carbons (Fsp3) is 0.360. The van der Waals surface area contributed by atoms with Crippen molar-refractivity contribution in [3.63, 3.8) is 0 Å². The fourth-order valence-electron chi connectivity index (χ4n) is 5.15. The van der Waals surface area contributed by atoms with Crippen molar-refractivity contribution in [1.29, 1.82) is 0 Å². The van der Waals surface area contributed by atoms with Gasteiger partial charge in [0.05, 0.1) is 26.8 Å². The molecule has 32 heavy (non-hydrogen) atoms. The predicted octanol–water partition coefficient (Wildman–Crippen LogP) is 3.28. The number of nitrogens with zero attached hydrogens (tertiary/aromatic N) is 2. The van der Waals surface area contributed by atoms with E-state index in [1.807, 2.05) is 43.3 Å². The van der Waals surface area contributed by atoms with Crippen LogP contribution in [0.5, 0.6) is 11.5 Å². The smallest absolute Gasteiger partial charge is 0.246 e. The molecule has 3 heterocycles. The molecule has 0 radical (unpaired) electrons. The number of aromatic amines is 1. The summed E-state index contributed by atoms with van der Waals surface area (Å²) in [6, 6.07) is 12.9. The molecule has 0 unspecified atom stereocenters. The number of fused-ring (bicyclic) bond motifs is 4. The first-order chi connectivity index (χ1) is 15.6. The number of aromatic nitrogens is 1. The number of hydrogen-bond donors (Lipinski definition) is 1. The van der Waals surface area contributed by atoms with Gasteiger partial charge in [0.1, 0.15) is 6.04 Å². The molecule has 1 N–H and O–H groups in total. The molecule has 166 valence electrons. The van der Waals surface area contributed by atoms with Gasteiger partial charge in [-0.15, -0.1) is 0 Å². The second kappa shape index (κ2) is 7.89. The zero-order valence-corrected chi connectivity index (χ0v) is 18.6. The van der Waals surface area contributed by atoms with E-state index in [1.165, 1.54) is 0 Å². The van der Waals surface area contributed by atoms with Crippen molar-refractivity contribution in [3.05, 3.63) is 59.3 Å². The van der Waals surface area contributed by atoms with Crippen molar-refractivity contribution >= 4 is 22.7 Å². The average molecular weight is 434 g/mol. The summed E-state index contributed by atoms with van der Waals surface area (Å²) in [4.78, 5) is 33.9. The Bertz CT molecular complexity index is 1200. The van der Waals surface area contributed by atoms with Gasteiger partial charge in [-0.1, -0.05) is 31.2 Å². The monoisotopic (exact) mass is 433 g/mol. The third kappa shape index (κ3) is 3.03. The summed E-state index contributed by atoms with van der Waals surface area (Å²) in [6.45, 7) is 2.73. The van der Waals surface area contributed by atoms with Gasteiger partial charge in [-0.05, 0) is 35.7 Å². The highest BCUT2D eigenvalue weighted by molar-refractivity contribution is 5.97. The summed E-state index contributed by atoms with van der Waals surface area (Å²) in [5.41, 5.74) is 3.94. The van der Waals surface area contributed by atoms with E-state index in [-0.39, 0.29) is 18.4 Å². The summed E-state index contributed by atoms with van der Waals surface area (Å²) in [5.74, 6) is 1.20. The highest BCUT2D eigenvalue weighted by atomic mass is 16.5. The van der Waals surface area contributed by atoms with Gasteiger partial charge < -0.3 is 24.3 Å². The van der Waals surface area contributed by atoms with E-state index in [9.17, 15) is 9.59 Å². The van der Waals surface area contributed by atoms with Gasteiger partial charge in [0.25, 0.3) is 0 Å². The van der Waals surface area contributed by atoms with E-state index < -0.39 is 12.1 Å². The summed E-state index contributed by atoms with van der Waals surface area (Å²) >= 11 is 0. The third-order valence-electron chi connectivity index (χ3n) is 6.56. The minimum absolute atomic E-state index is 0.0212. The molecule has 1 saturated heterocycles. The van der Waals surface area contributed by atoms with Crippen molar-refractivity contribution in [2.75, 3.05) is 27.3 Å². The molecular weight excluding hydrogens is 406 g/mol. The molecule has 2 aliphatic heterocycles. The number of amides is 2. The SMILES string of the molecule is CCCN1CC(=O)N2[C@@H](c3ccc(OC)c(OC)c3)c3[nH]c4ccccc4c3C[C@H]2C1=O. The lowest BCUT2D eigenvalue weighted by Crippen LogP contribution is -2.63. The number of hydrogen-bond acceptors (Lipinski definition) is 4. The zero-order chi connectivity index (χ0) is 22.4. The van der Waals surface area contributed by atoms with E-state index in [4.69, 9.17) is 9.47 Å². The maximum absolute atomic E-state index is 13.4. The Labute approximate surface area is 186 Å². The summed E-state index contributed by atoms with van der Waals surface area (Å²) in [6.07, 6.45) is 1.33. The normalized spacial score (nSPS) is 20.3. The van der Waals surface area contributed by atoms with Crippen LogP contribution in [0, 0.1) is 0 Å². The molecule has 7 nitrogen and oxygen atoms in total. The number of nitrogens with one attached hydrogen (secondary N) is 1. The van der Waals surface area contributed by atoms with E-state index in [1.54, 1.807) is 24.0 Å². The first-order valence-corrected chi connectivity index (χ1v) is 11.0. The maximum atomic E-state index is 13.4. The van der Waals surface area contributed by atoms with Crippen LogP contribution in [-0.2, 0) is 16.0 Å². The summed E-state index contributed by atoms with van der Waals surface area (Å²) in [7, 11) is 3.19. The van der Waals surface area contributed by atoms with E-state index in [0.29, 0.717) is 24.5 Å². The number of ether oxygens (including phenoxy) is 2. The van der Waals surface area contributed by atoms with Gasteiger partial charge in [-0.2, -0.15) is 0 Å². The van der Waals surface area contributed by atoms with E-state index in [2.05, 4.69) is 11.1 Å². The number of methoxy groups -OCH3 is 2. The van der Waals surface area contributed by atoms with Crippen LogP contribution in [0.25, 0.3) is 10.9 Å². The Morgan fingerprint density at radius 3 is 2.59 bits per heavy atom. The van der Waals surface area contributed by atoms with Crippen molar-refractivity contribution < 1.29 is 19.1 Å². The topological polar surface area (TPSA) is 74.9 Å². The van der Waals surface area contributed by atoms with Crippen molar-refractivity contribution in [2.45, 2.75) is 31.8 Å². The molecule has 2 aromatic carbocycles. The van der Waals surface area contributed by atoms with Crippen molar-refractivity contribution in [2.24, 2.45) is 0 Å². The zero-order valence-electron chi connectivity index (χ0n) is 18.6. The molecule has 7 heteroatoms. The molecular formula is C25H27N3O4.